The van der Waals surface area contributed by atoms with E-state index in [1.165, 1.54) is 0 Å². The van der Waals surface area contributed by atoms with Crippen LogP contribution in [0.3, 0.4) is 0 Å². The lowest BCUT2D eigenvalue weighted by atomic mass is 9.67. The summed E-state index contributed by atoms with van der Waals surface area (Å²) in [6.45, 7) is 6.05. The van der Waals surface area contributed by atoms with Crippen molar-refractivity contribution in [1.82, 2.24) is 15.1 Å². The molecule has 1 aliphatic carbocycles. The number of carbonyl (C=O) groups is 2. The van der Waals surface area contributed by atoms with E-state index in [-0.39, 0.29) is 11.8 Å². The summed E-state index contributed by atoms with van der Waals surface area (Å²) in [6, 6.07) is 0.356. The fourth-order valence-corrected chi connectivity index (χ4v) is 3.58. The van der Waals surface area contributed by atoms with Crippen LogP contribution in [-0.4, -0.2) is 74.6 Å². The third kappa shape index (κ3) is 3.13. The molecule has 1 saturated carbocycles. The molecule has 0 unspecified atom stereocenters. The monoisotopic (exact) mass is 311 g/mol. The fraction of sp³-hybridized carbons (Fsp3) is 0.875. The number of methoxy groups -OCH3 is 1. The summed E-state index contributed by atoms with van der Waals surface area (Å²) < 4.78 is 5.16. The number of carbonyl (C=O) groups excluding carboxylic acids is 2. The summed E-state index contributed by atoms with van der Waals surface area (Å²) in [5.74, 6) is -0.0819. The van der Waals surface area contributed by atoms with Crippen molar-refractivity contribution in [1.29, 1.82) is 0 Å². The normalized spacial score (nSPS) is 24.7. The summed E-state index contributed by atoms with van der Waals surface area (Å²) in [6.07, 6.45) is 3.34. The Morgan fingerprint density at radius 3 is 2.55 bits per heavy atom. The van der Waals surface area contributed by atoms with Gasteiger partial charge in [-0.25, -0.2) is 0 Å². The van der Waals surface area contributed by atoms with Gasteiger partial charge in [0, 0.05) is 46.4 Å². The second-order valence-electron chi connectivity index (χ2n) is 6.36. The van der Waals surface area contributed by atoms with E-state index in [0.717, 1.165) is 32.5 Å². The molecule has 2 rings (SSSR count). The highest BCUT2D eigenvalue weighted by atomic mass is 16.5. The maximum atomic E-state index is 12.9. The van der Waals surface area contributed by atoms with Gasteiger partial charge in [0.15, 0.2) is 0 Å². The van der Waals surface area contributed by atoms with Crippen molar-refractivity contribution in [3.05, 3.63) is 0 Å². The van der Waals surface area contributed by atoms with Crippen LogP contribution in [0.15, 0.2) is 0 Å². The van der Waals surface area contributed by atoms with Crippen LogP contribution in [0.1, 0.15) is 32.6 Å². The van der Waals surface area contributed by atoms with Gasteiger partial charge in [-0.3, -0.25) is 14.5 Å². The van der Waals surface area contributed by atoms with Gasteiger partial charge in [0.2, 0.25) is 11.8 Å². The number of hydrogen-bond acceptors (Lipinski definition) is 4. The van der Waals surface area contributed by atoms with Gasteiger partial charge in [0.05, 0.1) is 6.61 Å². The summed E-state index contributed by atoms with van der Waals surface area (Å²) in [5, 5.41) is 2.68. The maximum absolute atomic E-state index is 12.9. The number of ether oxygens (including phenoxy) is 1. The Hall–Kier alpha value is -1.14. The average Bonchev–Trinajstić information content (AvgIpc) is 2.51. The minimum atomic E-state index is -0.790. The number of nitrogens with one attached hydrogen (secondary N) is 1. The standard InChI is InChI=1S/C16H29N3O3/c1-4-13-12-19(9-8-18(13)10-11-22-3)15(21)16(6-5-7-16)14(20)17-2/h13H,4-12H2,1-3H3,(H,17,20)/t13-/m0/s1. The molecule has 0 aromatic carbocycles. The summed E-state index contributed by atoms with van der Waals surface area (Å²) in [5.41, 5.74) is -0.790. The second-order valence-corrected chi connectivity index (χ2v) is 6.36. The molecule has 22 heavy (non-hydrogen) atoms. The van der Waals surface area contributed by atoms with Crippen LogP contribution in [0, 0.1) is 5.41 Å². The number of piperazine rings is 1. The molecule has 0 bridgehead atoms. The minimum absolute atomic E-state index is 0.0305. The van der Waals surface area contributed by atoms with E-state index in [1.54, 1.807) is 14.2 Å². The van der Waals surface area contributed by atoms with Crippen LogP contribution >= 0.6 is 0 Å². The Morgan fingerprint density at radius 2 is 2.05 bits per heavy atom. The first-order valence-electron chi connectivity index (χ1n) is 8.33. The molecule has 0 aromatic rings. The zero-order chi connectivity index (χ0) is 16.2. The largest absolute Gasteiger partial charge is 0.383 e. The number of amides is 2. The molecular formula is C16H29N3O3. The molecule has 1 heterocycles. The summed E-state index contributed by atoms with van der Waals surface area (Å²) in [4.78, 5) is 29.4. The summed E-state index contributed by atoms with van der Waals surface area (Å²) in [7, 11) is 3.33. The Labute approximate surface area is 133 Å². The van der Waals surface area contributed by atoms with Gasteiger partial charge in [-0.1, -0.05) is 13.3 Å². The average molecular weight is 311 g/mol. The van der Waals surface area contributed by atoms with Crippen molar-refractivity contribution < 1.29 is 14.3 Å². The van der Waals surface area contributed by atoms with Crippen LogP contribution in [0.5, 0.6) is 0 Å². The zero-order valence-electron chi connectivity index (χ0n) is 14.1. The van der Waals surface area contributed by atoms with Gasteiger partial charge in [0.25, 0.3) is 0 Å². The van der Waals surface area contributed by atoms with Crippen molar-refractivity contribution in [3.63, 3.8) is 0 Å². The minimum Gasteiger partial charge on any atom is -0.383 e. The van der Waals surface area contributed by atoms with Crippen LogP contribution in [-0.2, 0) is 14.3 Å². The number of rotatable bonds is 6. The van der Waals surface area contributed by atoms with Crippen molar-refractivity contribution in [2.75, 3.05) is 46.9 Å². The molecule has 2 amide bonds. The first-order valence-corrected chi connectivity index (χ1v) is 8.33. The van der Waals surface area contributed by atoms with Gasteiger partial charge in [0.1, 0.15) is 5.41 Å². The Kier molecular flexibility index (Phi) is 5.81. The highest BCUT2D eigenvalue weighted by Gasteiger charge is 2.52. The van der Waals surface area contributed by atoms with E-state index in [2.05, 4.69) is 17.1 Å². The highest BCUT2D eigenvalue weighted by Crippen LogP contribution is 2.43. The summed E-state index contributed by atoms with van der Waals surface area (Å²) >= 11 is 0. The molecule has 0 spiro atoms. The van der Waals surface area contributed by atoms with Crippen molar-refractivity contribution in [2.45, 2.75) is 38.6 Å². The Morgan fingerprint density at radius 1 is 1.32 bits per heavy atom. The van der Waals surface area contributed by atoms with E-state index < -0.39 is 5.41 Å². The smallest absolute Gasteiger partial charge is 0.238 e. The van der Waals surface area contributed by atoms with E-state index in [9.17, 15) is 9.59 Å². The van der Waals surface area contributed by atoms with Gasteiger partial charge in [-0.15, -0.1) is 0 Å². The topological polar surface area (TPSA) is 61.9 Å². The van der Waals surface area contributed by atoms with Crippen LogP contribution < -0.4 is 5.32 Å². The van der Waals surface area contributed by atoms with Gasteiger partial charge >= 0.3 is 0 Å². The molecule has 2 aliphatic rings. The molecule has 1 aliphatic heterocycles. The van der Waals surface area contributed by atoms with Crippen LogP contribution in [0.4, 0.5) is 0 Å². The van der Waals surface area contributed by atoms with Crippen LogP contribution in [0.25, 0.3) is 0 Å². The number of nitrogens with zero attached hydrogens (tertiary/aromatic N) is 2. The van der Waals surface area contributed by atoms with E-state index in [1.807, 2.05) is 4.90 Å². The lowest BCUT2D eigenvalue weighted by molar-refractivity contribution is -0.159. The van der Waals surface area contributed by atoms with Gasteiger partial charge < -0.3 is 15.0 Å². The molecule has 1 atom stereocenters. The predicted molar refractivity (Wildman–Crippen MR) is 84.5 cm³/mol. The third-order valence-electron chi connectivity index (χ3n) is 5.22. The predicted octanol–water partition coefficient (Wildman–Crippen LogP) is 0.472. The molecule has 6 heteroatoms. The highest BCUT2D eigenvalue weighted by molar-refractivity contribution is 6.05. The quantitative estimate of drug-likeness (QED) is 0.725. The lowest BCUT2D eigenvalue weighted by Gasteiger charge is -2.46. The molecule has 6 nitrogen and oxygen atoms in total. The Bertz CT molecular complexity index is 409. The van der Waals surface area contributed by atoms with Crippen molar-refractivity contribution >= 4 is 11.8 Å². The zero-order valence-corrected chi connectivity index (χ0v) is 14.1. The third-order valence-corrected chi connectivity index (χ3v) is 5.22. The van der Waals surface area contributed by atoms with Crippen molar-refractivity contribution in [2.24, 2.45) is 5.41 Å². The molecule has 126 valence electrons. The van der Waals surface area contributed by atoms with Crippen molar-refractivity contribution in [3.8, 4) is 0 Å². The van der Waals surface area contributed by atoms with Crippen LogP contribution in [0.2, 0.25) is 0 Å². The molecule has 0 radical (unpaired) electrons. The lowest BCUT2D eigenvalue weighted by Crippen LogP contribution is -2.61. The van der Waals surface area contributed by atoms with Gasteiger partial charge in [-0.2, -0.15) is 0 Å². The first kappa shape index (κ1) is 17.2. The van der Waals surface area contributed by atoms with Gasteiger partial charge in [-0.05, 0) is 19.3 Å². The molecule has 2 fully saturated rings. The SMILES string of the molecule is CC[C@H]1CN(C(=O)C2(C(=O)NC)CCC2)CCN1CCOC. The molecular weight excluding hydrogens is 282 g/mol. The Balaban J connectivity index is 2.01. The molecule has 0 aromatic heterocycles. The first-order chi connectivity index (χ1) is 10.6. The molecule has 1 saturated heterocycles. The number of hydrogen-bond donors (Lipinski definition) is 1. The van der Waals surface area contributed by atoms with E-state index in [4.69, 9.17) is 4.74 Å². The van der Waals surface area contributed by atoms with E-state index >= 15 is 0 Å². The maximum Gasteiger partial charge on any atom is 0.238 e. The van der Waals surface area contributed by atoms with E-state index in [0.29, 0.717) is 32.0 Å². The fourth-order valence-electron chi connectivity index (χ4n) is 3.58. The second kappa shape index (κ2) is 7.42. The molecule has 1 N–H and O–H groups in total.